The molecule has 0 radical (unpaired) electrons. The van der Waals surface area contributed by atoms with Gasteiger partial charge in [0, 0.05) is 14.8 Å². The zero-order valence-corrected chi connectivity index (χ0v) is 22.5. The standard InChI is InChI=1S/C29H21IN2O4S/c30-21-11-13-22(14-12-21)31-27(33)17-32-28(34)26(37-29(32)35)16-24-23-9-5-4-8-20(23)10-15-25(24)36-18-19-6-2-1-3-7-19/h1-16H,17-18H2,(H,31,33)/b26-16+. The number of hydrogen-bond acceptors (Lipinski definition) is 5. The van der Waals surface area contributed by atoms with Crippen LogP contribution in [0.1, 0.15) is 11.1 Å². The van der Waals surface area contributed by atoms with Crippen LogP contribution in [-0.4, -0.2) is 28.5 Å². The van der Waals surface area contributed by atoms with Crippen LogP contribution in [0.25, 0.3) is 16.8 Å². The molecule has 0 unspecified atom stereocenters. The van der Waals surface area contributed by atoms with Crippen LogP contribution < -0.4 is 10.1 Å². The van der Waals surface area contributed by atoms with Gasteiger partial charge in [0.25, 0.3) is 11.1 Å². The number of imide groups is 1. The van der Waals surface area contributed by atoms with Gasteiger partial charge in [-0.15, -0.1) is 0 Å². The largest absolute Gasteiger partial charge is 0.488 e. The summed E-state index contributed by atoms with van der Waals surface area (Å²) >= 11 is 2.99. The lowest BCUT2D eigenvalue weighted by Gasteiger charge is -2.13. The van der Waals surface area contributed by atoms with Gasteiger partial charge in [-0.3, -0.25) is 19.3 Å². The van der Waals surface area contributed by atoms with E-state index in [1.165, 1.54) is 0 Å². The maximum atomic E-state index is 13.2. The molecule has 4 aromatic rings. The smallest absolute Gasteiger partial charge is 0.294 e. The van der Waals surface area contributed by atoms with E-state index in [9.17, 15) is 14.4 Å². The molecule has 0 spiro atoms. The molecule has 4 aromatic carbocycles. The summed E-state index contributed by atoms with van der Waals surface area (Å²) in [5.74, 6) is -0.345. The van der Waals surface area contributed by atoms with Crippen LogP contribution in [0.2, 0.25) is 0 Å². The molecule has 1 heterocycles. The number of nitrogens with zero attached hydrogens (tertiary/aromatic N) is 1. The summed E-state index contributed by atoms with van der Waals surface area (Å²) in [7, 11) is 0. The molecule has 8 heteroatoms. The van der Waals surface area contributed by atoms with Crippen molar-refractivity contribution in [2.24, 2.45) is 0 Å². The molecule has 1 fully saturated rings. The Bertz CT molecular complexity index is 1520. The van der Waals surface area contributed by atoms with E-state index in [2.05, 4.69) is 27.9 Å². The summed E-state index contributed by atoms with van der Waals surface area (Å²) in [6, 6.07) is 28.7. The average Bonchev–Trinajstić information content (AvgIpc) is 3.17. The summed E-state index contributed by atoms with van der Waals surface area (Å²) in [5, 5.41) is 4.13. The lowest BCUT2D eigenvalue weighted by atomic mass is 10.0. The van der Waals surface area contributed by atoms with E-state index in [-0.39, 0.29) is 11.4 Å². The van der Waals surface area contributed by atoms with Gasteiger partial charge in [0.2, 0.25) is 5.91 Å². The molecule has 0 saturated carbocycles. The van der Waals surface area contributed by atoms with Crippen LogP contribution in [-0.2, 0) is 16.2 Å². The minimum Gasteiger partial charge on any atom is -0.488 e. The van der Waals surface area contributed by atoms with E-state index in [0.717, 1.165) is 36.6 Å². The van der Waals surface area contributed by atoms with Crippen molar-refractivity contribution in [3.8, 4) is 5.75 Å². The summed E-state index contributed by atoms with van der Waals surface area (Å²) in [6.45, 7) is 0.00109. The number of thioether (sulfide) groups is 1. The lowest BCUT2D eigenvalue weighted by molar-refractivity contribution is -0.127. The number of carbonyl (C=O) groups is 3. The predicted octanol–water partition coefficient (Wildman–Crippen LogP) is 6.70. The van der Waals surface area contributed by atoms with E-state index in [4.69, 9.17) is 4.74 Å². The topological polar surface area (TPSA) is 75.7 Å². The number of fused-ring (bicyclic) bond motifs is 1. The Morgan fingerprint density at radius 3 is 2.43 bits per heavy atom. The quantitative estimate of drug-likeness (QED) is 0.184. The zero-order valence-electron chi connectivity index (χ0n) is 19.5. The fourth-order valence-corrected chi connectivity index (χ4v) is 5.11. The molecular weight excluding hydrogens is 599 g/mol. The third-order valence-electron chi connectivity index (χ3n) is 5.75. The van der Waals surface area contributed by atoms with Crippen molar-refractivity contribution in [2.75, 3.05) is 11.9 Å². The highest BCUT2D eigenvalue weighted by molar-refractivity contribution is 14.1. The van der Waals surface area contributed by atoms with Gasteiger partial charge in [-0.2, -0.15) is 0 Å². The van der Waals surface area contributed by atoms with Crippen molar-refractivity contribution >= 4 is 73.9 Å². The monoisotopic (exact) mass is 620 g/mol. The number of rotatable bonds is 7. The van der Waals surface area contributed by atoms with Crippen molar-refractivity contribution in [3.05, 3.63) is 111 Å². The number of benzene rings is 4. The first-order valence-corrected chi connectivity index (χ1v) is 13.4. The highest BCUT2D eigenvalue weighted by atomic mass is 127. The summed E-state index contributed by atoms with van der Waals surface area (Å²) < 4.78 is 7.18. The van der Waals surface area contributed by atoms with Crippen LogP contribution >= 0.6 is 34.4 Å². The van der Waals surface area contributed by atoms with Crippen molar-refractivity contribution in [2.45, 2.75) is 6.61 Å². The second-order valence-corrected chi connectivity index (χ2v) is 10.5. The molecule has 6 nitrogen and oxygen atoms in total. The van der Waals surface area contributed by atoms with Crippen molar-refractivity contribution in [1.82, 2.24) is 4.90 Å². The van der Waals surface area contributed by atoms with Gasteiger partial charge in [0.15, 0.2) is 0 Å². The number of halogens is 1. The molecular formula is C29H21IN2O4S. The Labute approximate surface area is 231 Å². The molecule has 184 valence electrons. The highest BCUT2D eigenvalue weighted by Crippen LogP contribution is 2.37. The maximum Gasteiger partial charge on any atom is 0.294 e. The molecule has 1 aliphatic heterocycles. The van der Waals surface area contributed by atoms with Crippen LogP contribution in [0.4, 0.5) is 10.5 Å². The first kappa shape index (κ1) is 25.0. The van der Waals surface area contributed by atoms with E-state index in [1.807, 2.05) is 78.9 Å². The van der Waals surface area contributed by atoms with Crippen LogP contribution in [0.15, 0.2) is 95.9 Å². The first-order chi connectivity index (χ1) is 18.0. The van der Waals surface area contributed by atoms with E-state index in [0.29, 0.717) is 23.6 Å². The van der Waals surface area contributed by atoms with Crippen LogP contribution in [0.3, 0.4) is 0 Å². The normalized spacial score (nSPS) is 14.4. The molecule has 1 aliphatic rings. The Balaban J connectivity index is 1.39. The van der Waals surface area contributed by atoms with Crippen molar-refractivity contribution in [3.63, 3.8) is 0 Å². The number of amides is 3. The minimum atomic E-state index is -0.505. The van der Waals surface area contributed by atoms with Gasteiger partial charge in [-0.05, 0) is 87.1 Å². The van der Waals surface area contributed by atoms with Gasteiger partial charge < -0.3 is 10.1 Å². The fraction of sp³-hybridized carbons (Fsp3) is 0.0690. The summed E-state index contributed by atoms with van der Waals surface area (Å²) in [4.78, 5) is 39.6. The number of nitrogens with one attached hydrogen (secondary N) is 1. The average molecular weight is 620 g/mol. The fourth-order valence-electron chi connectivity index (χ4n) is 3.93. The van der Waals surface area contributed by atoms with Gasteiger partial charge in [0.1, 0.15) is 18.9 Å². The van der Waals surface area contributed by atoms with Gasteiger partial charge in [-0.25, -0.2) is 0 Å². The molecule has 37 heavy (non-hydrogen) atoms. The second-order valence-electron chi connectivity index (χ2n) is 8.30. The van der Waals surface area contributed by atoms with E-state index in [1.54, 1.807) is 18.2 Å². The summed E-state index contributed by atoms with van der Waals surface area (Å²) in [6.07, 6.45) is 1.69. The highest BCUT2D eigenvalue weighted by Gasteiger charge is 2.36. The van der Waals surface area contributed by atoms with Gasteiger partial charge >= 0.3 is 0 Å². The SMILES string of the molecule is O=C(CN1C(=O)S/C(=C/c2c(OCc3ccccc3)ccc3ccccc23)C1=O)Nc1ccc(I)cc1. The summed E-state index contributed by atoms with van der Waals surface area (Å²) in [5.41, 5.74) is 2.33. The Morgan fingerprint density at radius 2 is 1.65 bits per heavy atom. The molecule has 0 atom stereocenters. The number of carbonyl (C=O) groups excluding carboxylic acids is 3. The molecule has 5 rings (SSSR count). The molecule has 0 aromatic heterocycles. The predicted molar refractivity (Wildman–Crippen MR) is 155 cm³/mol. The van der Waals surface area contributed by atoms with Crippen LogP contribution in [0.5, 0.6) is 5.75 Å². The Morgan fingerprint density at radius 1 is 0.919 bits per heavy atom. The van der Waals surface area contributed by atoms with Crippen molar-refractivity contribution in [1.29, 1.82) is 0 Å². The van der Waals surface area contributed by atoms with Gasteiger partial charge in [-0.1, -0.05) is 60.7 Å². The molecule has 1 N–H and O–H groups in total. The third-order valence-corrected chi connectivity index (χ3v) is 7.37. The zero-order chi connectivity index (χ0) is 25.8. The van der Waals surface area contributed by atoms with Crippen molar-refractivity contribution < 1.29 is 19.1 Å². The number of anilines is 1. The maximum absolute atomic E-state index is 13.2. The molecule has 1 saturated heterocycles. The Hall–Kier alpha value is -3.63. The van der Waals surface area contributed by atoms with Gasteiger partial charge in [0.05, 0.1) is 4.91 Å². The minimum absolute atomic E-state index is 0.243. The lowest BCUT2D eigenvalue weighted by Crippen LogP contribution is -2.36. The van der Waals surface area contributed by atoms with E-state index >= 15 is 0 Å². The Kier molecular flexibility index (Phi) is 7.57. The molecule has 0 aliphatic carbocycles. The van der Waals surface area contributed by atoms with E-state index < -0.39 is 17.1 Å². The molecule has 3 amide bonds. The van der Waals surface area contributed by atoms with Crippen LogP contribution in [0, 0.1) is 3.57 Å². The number of ether oxygens (including phenoxy) is 1. The first-order valence-electron chi connectivity index (χ1n) is 11.5. The number of hydrogen-bond donors (Lipinski definition) is 1. The third kappa shape index (κ3) is 5.86. The second kappa shape index (κ2) is 11.2. The molecule has 0 bridgehead atoms.